The predicted molar refractivity (Wildman–Crippen MR) is 69.0 cm³/mol. The first-order chi connectivity index (χ1) is 8.29. The number of rotatable bonds is 5. The minimum Gasteiger partial charge on any atom is -0.376 e. The number of hydrogen-bond acceptors (Lipinski definition) is 3. The van der Waals surface area contributed by atoms with E-state index in [1.165, 1.54) is 4.88 Å². The SMILES string of the molecule is CCC(=O)N(Cc1cccs1)CC1CCCO1. The summed E-state index contributed by atoms with van der Waals surface area (Å²) in [5, 5.41) is 2.05. The fraction of sp³-hybridized carbons (Fsp3) is 0.615. The molecular formula is C13H19NO2S. The average Bonchev–Trinajstić information content (AvgIpc) is 3.00. The average molecular weight is 253 g/mol. The second-order valence-electron chi connectivity index (χ2n) is 4.34. The van der Waals surface area contributed by atoms with Gasteiger partial charge in [-0.05, 0) is 24.3 Å². The van der Waals surface area contributed by atoms with Gasteiger partial charge in [-0.1, -0.05) is 13.0 Å². The van der Waals surface area contributed by atoms with Gasteiger partial charge in [0, 0.05) is 24.4 Å². The molecule has 0 aliphatic carbocycles. The van der Waals surface area contributed by atoms with Crippen LogP contribution in [0.1, 0.15) is 31.1 Å². The van der Waals surface area contributed by atoms with Crippen molar-refractivity contribution in [2.75, 3.05) is 13.2 Å². The summed E-state index contributed by atoms with van der Waals surface area (Å²) in [5.74, 6) is 0.217. The Hall–Kier alpha value is -0.870. The number of carbonyl (C=O) groups is 1. The molecule has 17 heavy (non-hydrogen) atoms. The second-order valence-corrected chi connectivity index (χ2v) is 5.37. The standard InChI is InChI=1S/C13H19NO2S/c1-2-13(15)14(9-11-5-3-7-16-11)10-12-6-4-8-17-12/h4,6,8,11H,2-3,5,7,9-10H2,1H3. The zero-order chi connectivity index (χ0) is 12.1. The molecular weight excluding hydrogens is 234 g/mol. The number of ether oxygens (including phenoxy) is 1. The van der Waals surface area contributed by atoms with Gasteiger partial charge in [-0.3, -0.25) is 4.79 Å². The maximum absolute atomic E-state index is 11.9. The molecule has 1 amide bonds. The smallest absolute Gasteiger partial charge is 0.222 e. The van der Waals surface area contributed by atoms with Crippen LogP contribution in [0, 0.1) is 0 Å². The number of nitrogens with zero attached hydrogens (tertiary/aromatic N) is 1. The largest absolute Gasteiger partial charge is 0.376 e. The maximum atomic E-state index is 11.9. The molecule has 1 fully saturated rings. The van der Waals surface area contributed by atoms with E-state index < -0.39 is 0 Å². The molecule has 1 aliphatic heterocycles. The summed E-state index contributed by atoms with van der Waals surface area (Å²) in [6, 6.07) is 4.11. The highest BCUT2D eigenvalue weighted by Crippen LogP contribution is 2.17. The van der Waals surface area contributed by atoms with E-state index in [2.05, 4.69) is 11.4 Å². The molecule has 94 valence electrons. The van der Waals surface area contributed by atoms with E-state index in [0.717, 1.165) is 32.5 Å². The third kappa shape index (κ3) is 3.54. The van der Waals surface area contributed by atoms with Crippen LogP contribution in [-0.4, -0.2) is 30.1 Å². The molecule has 0 aromatic carbocycles. The van der Waals surface area contributed by atoms with Crippen molar-refractivity contribution in [1.29, 1.82) is 0 Å². The van der Waals surface area contributed by atoms with Crippen LogP contribution in [0.5, 0.6) is 0 Å². The minimum atomic E-state index is 0.217. The number of thiophene rings is 1. The molecule has 2 heterocycles. The monoisotopic (exact) mass is 253 g/mol. The molecule has 1 saturated heterocycles. The molecule has 1 atom stereocenters. The van der Waals surface area contributed by atoms with Crippen molar-refractivity contribution in [3.63, 3.8) is 0 Å². The van der Waals surface area contributed by atoms with Crippen molar-refractivity contribution in [1.82, 2.24) is 4.90 Å². The van der Waals surface area contributed by atoms with Crippen LogP contribution in [0.25, 0.3) is 0 Å². The lowest BCUT2D eigenvalue weighted by Crippen LogP contribution is -2.36. The van der Waals surface area contributed by atoms with Crippen molar-refractivity contribution < 1.29 is 9.53 Å². The van der Waals surface area contributed by atoms with E-state index in [0.29, 0.717) is 6.42 Å². The Bertz CT molecular complexity index is 344. The van der Waals surface area contributed by atoms with Crippen LogP contribution in [0.15, 0.2) is 17.5 Å². The Morgan fingerprint density at radius 2 is 2.53 bits per heavy atom. The number of hydrogen-bond donors (Lipinski definition) is 0. The molecule has 3 nitrogen and oxygen atoms in total. The van der Waals surface area contributed by atoms with Gasteiger partial charge in [0.1, 0.15) is 0 Å². The van der Waals surface area contributed by atoms with Gasteiger partial charge in [-0.15, -0.1) is 11.3 Å². The molecule has 2 rings (SSSR count). The summed E-state index contributed by atoms with van der Waals surface area (Å²) in [4.78, 5) is 15.1. The molecule has 1 unspecified atom stereocenters. The van der Waals surface area contributed by atoms with Crippen LogP contribution in [0.4, 0.5) is 0 Å². The van der Waals surface area contributed by atoms with Crippen molar-refractivity contribution in [2.24, 2.45) is 0 Å². The normalized spacial score (nSPS) is 19.5. The Balaban J connectivity index is 1.94. The first-order valence-electron chi connectivity index (χ1n) is 6.21. The highest BCUT2D eigenvalue weighted by Gasteiger charge is 2.21. The van der Waals surface area contributed by atoms with E-state index in [-0.39, 0.29) is 12.0 Å². The van der Waals surface area contributed by atoms with Crippen LogP contribution in [0.3, 0.4) is 0 Å². The van der Waals surface area contributed by atoms with Crippen molar-refractivity contribution in [3.8, 4) is 0 Å². The fourth-order valence-corrected chi connectivity index (χ4v) is 2.82. The third-order valence-electron chi connectivity index (χ3n) is 3.03. The second kappa shape index (κ2) is 6.17. The van der Waals surface area contributed by atoms with E-state index in [1.807, 2.05) is 17.9 Å². The zero-order valence-corrected chi connectivity index (χ0v) is 11.0. The van der Waals surface area contributed by atoms with Crippen molar-refractivity contribution in [3.05, 3.63) is 22.4 Å². The maximum Gasteiger partial charge on any atom is 0.222 e. The number of amides is 1. The van der Waals surface area contributed by atoms with E-state index >= 15 is 0 Å². The van der Waals surface area contributed by atoms with Gasteiger partial charge in [0.15, 0.2) is 0 Å². The topological polar surface area (TPSA) is 29.5 Å². The van der Waals surface area contributed by atoms with Gasteiger partial charge >= 0.3 is 0 Å². The Morgan fingerprint density at radius 1 is 1.65 bits per heavy atom. The molecule has 0 radical (unpaired) electrons. The molecule has 1 aromatic rings. The zero-order valence-electron chi connectivity index (χ0n) is 10.2. The van der Waals surface area contributed by atoms with E-state index in [9.17, 15) is 4.79 Å². The minimum absolute atomic E-state index is 0.217. The van der Waals surface area contributed by atoms with E-state index in [4.69, 9.17) is 4.74 Å². The van der Waals surface area contributed by atoms with Gasteiger partial charge in [0.05, 0.1) is 12.6 Å². The van der Waals surface area contributed by atoms with Gasteiger partial charge in [-0.25, -0.2) is 0 Å². The van der Waals surface area contributed by atoms with Gasteiger partial charge in [0.25, 0.3) is 0 Å². The summed E-state index contributed by atoms with van der Waals surface area (Å²) < 4.78 is 5.61. The van der Waals surface area contributed by atoms with Crippen LogP contribution in [0.2, 0.25) is 0 Å². The number of carbonyl (C=O) groups excluding carboxylic acids is 1. The lowest BCUT2D eigenvalue weighted by Gasteiger charge is -2.24. The molecule has 0 spiro atoms. The fourth-order valence-electron chi connectivity index (χ4n) is 2.10. The molecule has 1 aromatic heterocycles. The van der Waals surface area contributed by atoms with Gasteiger partial charge in [-0.2, -0.15) is 0 Å². The molecule has 0 N–H and O–H groups in total. The molecule has 4 heteroatoms. The third-order valence-corrected chi connectivity index (χ3v) is 3.89. The first-order valence-corrected chi connectivity index (χ1v) is 7.09. The van der Waals surface area contributed by atoms with Crippen LogP contribution >= 0.6 is 11.3 Å². The van der Waals surface area contributed by atoms with Crippen molar-refractivity contribution >= 4 is 17.2 Å². The Kier molecular flexibility index (Phi) is 4.57. The van der Waals surface area contributed by atoms with Crippen LogP contribution < -0.4 is 0 Å². The van der Waals surface area contributed by atoms with E-state index in [1.54, 1.807) is 11.3 Å². The Labute approximate surface area is 106 Å². The lowest BCUT2D eigenvalue weighted by atomic mass is 10.2. The van der Waals surface area contributed by atoms with Crippen LogP contribution in [-0.2, 0) is 16.1 Å². The molecule has 0 saturated carbocycles. The molecule has 1 aliphatic rings. The Morgan fingerprint density at radius 3 is 3.12 bits per heavy atom. The van der Waals surface area contributed by atoms with Gasteiger partial charge < -0.3 is 9.64 Å². The summed E-state index contributed by atoms with van der Waals surface area (Å²) in [5.41, 5.74) is 0. The van der Waals surface area contributed by atoms with Crippen molar-refractivity contribution in [2.45, 2.75) is 38.8 Å². The summed E-state index contributed by atoms with van der Waals surface area (Å²) in [6.45, 7) is 4.23. The first kappa shape index (κ1) is 12.6. The summed E-state index contributed by atoms with van der Waals surface area (Å²) in [6.07, 6.45) is 3.01. The summed E-state index contributed by atoms with van der Waals surface area (Å²) >= 11 is 1.70. The molecule has 0 bridgehead atoms. The highest BCUT2D eigenvalue weighted by molar-refractivity contribution is 7.09. The predicted octanol–water partition coefficient (Wildman–Crippen LogP) is 2.67. The quantitative estimate of drug-likeness (QED) is 0.807. The lowest BCUT2D eigenvalue weighted by molar-refractivity contribution is -0.133. The highest BCUT2D eigenvalue weighted by atomic mass is 32.1. The summed E-state index contributed by atoms with van der Waals surface area (Å²) in [7, 11) is 0. The van der Waals surface area contributed by atoms with Gasteiger partial charge in [0.2, 0.25) is 5.91 Å².